The van der Waals surface area contributed by atoms with E-state index < -0.39 is 12.2 Å². The molecule has 2 aliphatic heterocycles. The second kappa shape index (κ2) is 6.76. The highest BCUT2D eigenvalue weighted by molar-refractivity contribution is 6.18. The van der Waals surface area contributed by atoms with Crippen molar-refractivity contribution in [2.24, 2.45) is 5.73 Å². The van der Waals surface area contributed by atoms with Gasteiger partial charge in [0.1, 0.15) is 29.6 Å². The van der Waals surface area contributed by atoms with Gasteiger partial charge in [-0.25, -0.2) is 9.97 Å². The average molecular weight is 368 g/mol. The summed E-state index contributed by atoms with van der Waals surface area (Å²) in [5.74, 6) is 1.48. The Bertz CT molecular complexity index is 916. The van der Waals surface area contributed by atoms with Crippen molar-refractivity contribution >= 4 is 28.8 Å². The Morgan fingerprint density at radius 3 is 3.00 bits per heavy atom. The smallest absolute Gasteiger partial charge is 0.259 e. The van der Waals surface area contributed by atoms with Crippen molar-refractivity contribution in [1.82, 2.24) is 14.9 Å². The number of benzene rings is 1. The number of amides is 1. The van der Waals surface area contributed by atoms with E-state index in [9.17, 15) is 9.90 Å². The molecule has 0 spiro atoms. The molecule has 2 aromatic rings. The van der Waals surface area contributed by atoms with Crippen LogP contribution in [0.25, 0.3) is 5.57 Å². The minimum Gasteiger partial charge on any atom is -0.486 e. The van der Waals surface area contributed by atoms with Crippen LogP contribution in [0, 0.1) is 0 Å². The molecular weight excluding hydrogens is 348 g/mol. The van der Waals surface area contributed by atoms with Gasteiger partial charge in [-0.15, -0.1) is 0 Å². The van der Waals surface area contributed by atoms with Crippen LogP contribution in [0.4, 0.5) is 17.3 Å². The molecule has 2 unspecified atom stereocenters. The van der Waals surface area contributed by atoms with Crippen molar-refractivity contribution in [3.05, 3.63) is 42.4 Å². The van der Waals surface area contributed by atoms with Crippen molar-refractivity contribution in [3.8, 4) is 5.75 Å². The summed E-state index contributed by atoms with van der Waals surface area (Å²) in [5, 5.41) is 16.5. The van der Waals surface area contributed by atoms with E-state index in [-0.39, 0.29) is 30.4 Å². The van der Waals surface area contributed by atoms with E-state index in [0.717, 1.165) is 5.69 Å². The van der Waals surface area contributed by atoms with Crippen LogP contribution in [-0.2, 0) is 4.79 Å². The highest BCUT2D eigenvalue weighted by atomic mass is 16.5. The molecule has 5 N–H and O–H groups in total. The molecule has 0 saturated carbocycles. The third-order valence-electron chi connectivity index (χ3n) is 4.54. The molecule has 6 bridgehead atoms. The zero-order valence-electron chi connectivity index (χ0n) is 14.7. The first-order chi connectivity index (χ1) is 13.1. The van der Waals surface area contributed by atoms with Crippen LogP contribution in [-0.4, -0.2) is 58.2 Å². The van der Waals surface area contributed by atoms with Gasteiger partial charge in [0.05, 0.1) is 18.7 Å². The Morgan fingerprint density at radius 1 is 1.37 bits per heavy atom. The Morgan fingerprint density at radius 2 is 2.22 bits per heavy atom. The van der Waals surface area contributed by atoms with Gasteiger partial charge in [-0.05, 0) is 12.1 Å². The first-order valence-electron chi connectivity index (χ1n) is 8.57. The molecule has 0 radical (unpaired) electrons. The van der Waals surface area contributed by atoms with E-state index >= 15 is 0 Å². The van der Waals surface area contributed by atoms with Gasteiger partial charge in [-0.2, -0.15) is 0 Å². The molecule has 9 nitrogen and oxygen atoms in total. The maximum Gasteiger partial charge on any atom is 0.259 e. The summed E-state index contributed by atoms with van der Waals surface area (Å²) in [6.45, 7) is 0.394. The zero-order valence-corrected chi connectivity index (χ0v) is 14.7. The molecule has 4 rings (SSSR count). The Hall–Kier alpha value is -3.33. The molecule has 2 atom stereocenters. The van der Waals surface area contributed by atoms with Crippen LogP contribution in [0.2, 0.25) is 0 Å². The molecule has 0 aliphatic carbocycles. The van der Waals surface area contributed by atoms with Crippen molar-refractivity contribution in [2.45, 2.75) is 12.2 Å². The van der Waals surface area contributed by atoms with Gasteiger partial charge in [0.2, 0.25) is 0 Å². The van der Waals surface area contributed by atoms with Gasteiger partial charge >= 0.3 is 0 Å². The lowest BCUT2D eigenvalue weighted by molar-refractivity contribution is -0.124. The normalized spacial score (nSPS) is 23.0. The minimum absolute atomic E-state index is 0.150. The van der Waals surface area contributed by atoms with E-state index in [4.69, 9.17) is 10.5 Å². The molecule has 1 aromatic carbocycles. The van der Waals surface area contributed by atoms with Crippen LogP contribution >= 0.6 is 0 Å². The fraction of sp³-hybridized carbons (Fsp3) is 0.278. The number of nitrogens with two attached hydrogens (primary N) is 1. The number of ether oxygens (including phenoxy) is 1. The number of rotatable bonds is 1. The number of carbonyl (C=O) groups is 1. The molecule has 2 aliphatic rings. The fourth-order valence-corrected chi connectivity index (χ4v) is 3.18. The van der Waals surface area contributed by atoms with E-state index in [2.05, 4.69) is 20.6 Å². The Balaban J connectivity index is 1.85. The number of nitrogens with zero attached hydrogens (tertiary/aromatic N) is 3. The lowest BCUT2D eigenvalue weighted by Crippen LogP contribution is -2.32. The Labute approximate surface area is 155 Å². The monoisotopic (exact) mass is 368 g/mol. The maximum absolute atomic E-state index is 13.0. The maximum atomic E-state index is 13.0. The fourth-order valence-electron chi connectivity index (χ4n) is 3.18. The molecule has 9 heteroatoms. The van der Waals surface area contributed by atoms with E-state index in [0.29, 0.717) is 17.4 Å². The highest BCUT2D eigenvalue weighted by Crippen LogP contribution is 2.28. The first-order valence-corrected chi connectivity index (χ1v) is 8.57. The second-order valence-corrected chi connectivity index (χ2v) is 6.38. The van der Waals surface area contributed by atoms with Crippen molar-refractivity contribution < 1.29 is 14.6 Å². The summed E-state index contributed by atoms with van der Waals surface area (Å²) >= 11 is 0. The summed E-state index contributed by atoms with van der Waals surface area (Å²) in [4.78, 5) is 23.3. The number of aliphatic hydroxyl groups excluding tert-OH is 1. The topological polar surface area (TPSA) is 126 Å². The van der Waals surface area contributed by atoms with Crippen LogP contribution in [0.5, 0.6) is 5.75 Å². The van der Waals surface area contributed by atoms with Gasteiger partial charge < -0.3 is 31.1 Å². The van der Waals surface area contributed by atoms with Gasteiger partial charge in [0.15, 0.2) is 5.82 Å². The van der Waals surface area contributed by atoms with Gasteiger partial charge in [0, 0.05) is 31.1 Å². The summed E-state index contributed by atoms with van der Waals surface area (Å²) in [6.07, 6.45) is -0.130. The molecular formula is C18H20N6O3. The number of hydrogen-bond acceptors (Lipinski definition) is 8. The third kappa shape index (κ3) is 3.24. The van der Waals surface area contributed by atoms with Crippen molar-refractivity contribution in [3.63, 3.8) is 0 Å². The first kappa shape index (κ1) is 17.1. The summed E-state index contributed by atoms with van der Waals surface area (Å²) < 4.78 is 5.91. The van der Waals surface area contributed by atoms with Gasteiger partial charge in [-0.1, -0.05) is 6.07 Å². The average Bonchev–Trinajstić information content (AvgIpc) is 3.02. The van der Waals surface area contributed by atoms with E-state index in [1.807, 2.05) is 18.2 Å². The molecule has 1 aromatic heterocycles. The lowest BCUT2D eigenvalue weighted by atomic mass is 10.2. The number of fused-ring (bicyclic) bond motifs is 6. The van der Waals surface area contributed by atoms with E-state index in [1.165, 1.54) is 11.1 Å². The van der Waals surface area contributed by atoms with Gasteiger partial charge in [-0.3, -0.25) is 4.79 Å². The molecule has 1 amide bonds. The van der Waals surface area contributed by atoms with Crippen LogP contribution in [0.3, 0.4) is 0 Å². The summed E-state index contributed by atoms with van der Waals surface area (Å²) in [7, 11) is 1.73. The van der Waals surface area contributed by atoms with Crippen LogP contribution in [0.15, 0.2) is 36.5 Å². The summed E-state index contributed by atoms with van der Waals surface area (Å²) in [6, 6.07) is 9.06. The number of anilines is 3. The molecule has 3 heterocycles. The highest BCUT2D eigenvalue weighted by Gasteiger charge is 2.37. The number of aromatic nitrogens is 2. The van der Waals surface area contributed by atoms with Crippen LogP contribution in [0.1, 0.15) is 5.82 Å². The third-order valence-corrected chi connectivity index (χ3v) is 4.54. The summed E-state index contributed by atoms with van der Waals surface area (Å²) in [5.41, 5.74) is 6.65. The largest absolute Gasteiger partial charge is 0.486 e. The molecule has 27 heavy (non-hydrogen) atoms. The zero-order chi connectivity index (χ0) is 19.0. The quantitative estimate of drug-likeness (QED) is 0.537. The number of nitrogens with one attached hydrogen (secondary N) is 2. The number of hydrogen-bond donors (Lipinski definition) is 4. The predicted octanol–water partition coefficient (Wildman–Crippen LogP) is 0.526. The number of aliphatic hydroxyl groups is 1. The second-order valence-electron chi connectivity index (χ2n) is 6.38. The predicted molar refractivity (Wildman–Crippen MR) is 100 cm³/mol. The van der Waals surface area contributed by atoms with Crippen molar-refractivity contribution in [1.29, 1.82) is 0 Å². The Kier molecular flexibility index (Phi) is 4.28. The standard InChI is InChI=1S/C18H20N6O3/c1-20-15-6-16-21-10-3-2-4-11(5-10)27-14-9-24(8-13(14)25)18(26)12(7-19)17(22-15)23-16/h2-7,13-14,25H,8-9,19H2,1H3,(H2,20,21,22,23)/b12-7+. The SMILES string of the molecule is CNc1cc2nc(n1)/C(=C\N)C(=O)N1CC(O)C(C1)Oc1cccc(c1)N2. The lowest BCUT2D eigenvalue weighted by Gasteiger charge is -2.18. The van der Waals surface area contributed by atoms with Crippen LogP contribution < -0.4 is 21.1 Å². The molecule has 140 valence electrons. The molecule has 1 fully saturated rings. The van der Waals surface area contributed by atoms with Crippen molar-refractivity contribution in [2.75, 3.05) is 30.8 Å². The minimum atomic E-state index is -0.798. The number of carbonyl (C=O) groups excluding carboxylic acids is 1. The molecule has 1 saturated heterocycles. The van der Waals surface area contributed by atoms with E-state index in [1.54, 1.807) is 19.2 Å². The van der Waals surface area contributed by atoms with Gasteiger partial charge in [0.25, 0.3) is 5.91 Å².